The summed E-state index contributed by atoms with van der Waals surface area (Å²) >= 11 is 6.62. The molecule has 3 aromatic heterocycles. The zero-order chi connectivity index (χ0) is 27.1. The number of hydrogen-bond donors (Lipinski definition) is 2. The number of fused-ring (bicyclic) bond motifs is 1. The van der Waals surface area contributed by atoms with Crippen molar-refractivity contribution in [1.82, 2.24) is 24.3 Å². The highest BCUT2D eigenvalue weighted by Crippen LogP contribution is 2.40. The monoisotopic (exact) mass is 539 g/mol. The number of hydrogen-bond acceptors (Lipinski definition) is 6. The number of pyridine rings is 1. The molecule has 4 heterocycles. The van der Waals surface area contributed by atoms with Gasteiger partial charge in [-0.15, -0.1) is 0 Å². The van der Waals surface area contributed by atoms with Crippen LogP contribution in [0.5, 0.6) is 0 Å². The van der Waals surface area contributed by atoms with Crippen LogP contribution in [0.3, 0.4) is 0 Å². The van der Waals surface area contributed by atoms with Crippen molar-refractivity contribution in [2.24, 2.45) is 0 Å². The summed E-state index contributed by atoms with van der Waals surface area (Å²) in [5, 5.41) is 3.13. The molecule has 0 bridgehead atoms. The van der Waals surface area contributed by atoms with E-state index in [1.54, 1.807) is 46.8 Å². The van der Waals surface area contributed by atoms with Gasteiger partial charge in [0.05, 0.1) is 21.8 Å². The molecular weight excluding hydrogens is 514 g/mol. The van der Waals surface area contributed by atoms with Crippen LogP contribution in [0.15, 0.2) is 48.8 Å². The number of amides is 2. The Labute approximate surface area is 230 Å². The number of rotatable bonds is 5. The molecule has 2 amide bonds. The molecule has 3 N–H and O–H groups in total. The quantitative estimate of drug-likeness (QED) is 0.361. The van der Waals surface area contributed by atoms with Gasteiger partial charge in [0.15, 0.2) is 0 Å². The van der Waals surface area contributed by atoms with E-state index in [0.717, 1.165) is 17.6 Å². The lowest BCUT2D eigenvalue weighted by Crippen LogP contribution is -2.26. The third-order valence-electron chi connectivity index (χ3n) is 7.25. The fraction of sp³-hybridized carbons (Fsp3) is 0.276. The van der Waals surface area contributed by atoms with Crippen LogP contribution in [0.1, 0.15) is 59.6 Å². The van der Waals surface area contributed by atoms with E-state index < -0.39 is 0 Å². The number of aromatic nitrogens is 4. The molecule has 1 aliphatic carbocycles. The van der Waals surface area contributed by atoms with Crippen molar-refractivity contribution in [3.63, 3.8) is 0 Å². The molecule has 1 aliphatic heterocycles. The molecule has 1 atom stereocenters. The van der Waals surface area contributed by atoms with Crippen LogP contribution in [0.2, 0.25) is 5.02 Å². The number of nitrogens with two attached hydrogens (primary N) is 1. The van der Waals surface area contributed by atoms with E-state index in [1.165, 1.54) is 18.4 Å². The summed E-state index contributed by atoms with van der Waals surface area (Å²) in [5.41, 5.74) is 10.1. The number of benzene rings is 1. The Morgan fingerprint density at radius 3 is 2.67 bits per heavy atom. The van der Waals surface area contributed by atoms with Gasteiger partial charge in [-0.25, -0.2) is 15.0 Å². The fourth-order valence-corrected chi connectivity index (χ4v) is 5.41. The van der Waals surface area contributed by atoms with Gasteiger partial charge >= 0.3 is 0 Å². The van der Waals surface area contributed by atoms with E-state index in [9.17, 15) is 9.59 Å². The number of likely N-dealkylation sites (tertiary alicyclic amines) is 1. The van der Waals surface area contributed by atoms with Crippen molar-refractivity contribution in [1.29, 1.82) is 0 Å². The summed E-state index contributed by atoms with van der Waals surface area (Å²) < 4.78 is 1.78. The van der Waals surface area contributed by atoms with Crippen molar-refractivity contribution in [2.45, 2.75) is 38.0 Å². The molecule has 9 nitrogen and oxygen atoms in total. The minimum Gasteiger partial charge on any atom is -0.369 e. The molecule has 0 spiro atoms. The molecule has 196 valence electrons. The number of imidazole rings is 1. The molecule has 2 fully saturated rings. The van der Waals surface area contributed by atoms with Gasteiger partial charge in [-0.3, -0.25) is 14.0 Å². The van der Waals surface area contributed by atoms with Gasteiger partial charge in [0.1, 0.15) is 11.6 Å². The van der Waals surface area contributed by atoms with E-state index in [4.69, 9.17) is 22.3 Å². The van der Waals surface area contributed by atoms with E-state index in [2.05, 4.69) is 27.1 Å². The summed E-state index contributed by atoms with van der Waals surface area (Å²) in [6, 6.07) is 10.9. The Morgan fingerprint density at radius 1 is 1.08 bits per heavy atom. The largest absolute Gasteiger partial charge is 0.369 e. The first-order chi connectivity index (χ1) is 18.9. The summed E-state index contributed by atoms with van der Waals surface area (Å²) in [7, 11) is 0. The zero-order valence-corrected chi connectivity index (χ0v) is 22.1. The maximum Gasteiger partial charge on any atom is 0.298 e. The van der Waals surface area contributed by atoms with Crippen molar-refractivity contribution in [3.8, 4) is 23.2 Å². The fourth-order valence-electron chi connectivity index (χ4n) is 5.14. The highest BCUT2D eigenvalue weighted by molar-refractivity contribution is 6.34. The standard InChI is InChI=1S/C29H26ClN7O2/c1-2-3-25(38)36-13-10-20(16-36)26-23-9-12-33-29(31)37(23)27(35-26)19-6-7-21(22(30)14-19)28(39)34-24-15-18(8-11-32-24)17-4-5-17/h6-9,11-12,14-15,17,20H,4-5,10,13,16H2,1H3,(H2,31,33)(H,32,34,39). The third-order valence-corrected chi connectivity index (χ3v) is 7.56. The van der Waals surface area contributed by atoms with Crippen molar-refractivity contribution >= 4 is 40.7 Å². The van der Waals surface area contributed by atoms with E-state index in [1.807, 2.05) is 18.2 Å². The lowest BCUT2D eigenvalue weighted by atomic mass is 10.0. The molecule has 4 aromatic rings. The molecule has 0 radical (unpaired) electrons. The van der Waals surface area contributed by atoms with Gasteiger partial charge in [0.2, 0.25) is 5.95 Å². The lowest BCUT2D eigenvalue weighted by Gasteiger charge is -2.12. The summed E-state index contributed by atoms with van der Waals surface area (Å²) in [4.78, 5) is 40.6. The normalized spacial score (nSPS) is 16.7. The van der Waals surface area contributed by atoms with E-state index >= 15 is 0 Å². The van der Waals surface area contributed by atoms with Crippen molar-refractivity contribution in [2.75, 3.05) is 24.1 Å². The highest BCUT2D eigenvalue weighted by Gasteiger charge is 2.31. The summed E-state index contributed by atoms with van der Waals surface area (Å²) in [5.74, 6) is 6.69. The second kappa shape index (κ2) is 10.0. The molecule has 1 unspecified atom stereocenters. The Kier molecular flexibility index (Phi) is 6.41. The predicted molar refractivity (Wildman–Crippen MR) is 149 cm³/mol. The van der Waals surface area contributed by atoms with Gasteiger partial charge in [-0.05, 0) is 73.9 Å². The van der Waals surface area contributed by atoms with Crippen molar-refractivity contribution in [3.05, 3.63) is 70.6 Å². The number of nitrogens with one attached hydrogen (secondary N) is 1. The van der Waals surface area contributed by atoms with Crippen LogP contribution in [-0.4, -0.2) is 49.2 Å². The van der Waals surface area contributed by atoms with Crippen LogP contribution < -0.4 is 11.1 Å². The molecule has 39 heavy (non-hydrogen) atoms. The van der Waals surface area contributed by atoms with Crippen LogP contribution in [0.25, 0.3) is 16.9 Å². The lowest BCUT2D eigenvalue weighted by molar-refractivity contribution is -0.124. The highest BCUT2D eigenvalue weighted by atomic mass is 35.5. The minimum atomic E-state index is -0.340. The topological polar surface area (TPSA) is 119 Å². The summed E-state index contributed by atoms with van der Waals surface area (Å²) in [6.45, 7) is 2.79. The summed E-state index contributed by atoms with van der Waals surface area (Å²) in [6.07, 6.45) is 6.46. The van der Waals surface area contributed by atoms with Crippen LogP contribution in [-0.2, 0) is 4.79 Å². The molecule has 2 aliphatic rings. The number of nitrogen functional groups attached to an aromatic ring is 1. The number of carbonyl (C=O) groups is 2. The van der Waals surface area contributed by atoms with Crippen LogP contribution in [0, 0.1) is 11.8 Å². The van der Waals surface area contributed by atoms with E-state index in [-0.39, 0.29) is 28.7 Å². The smallest absolute Gasteiger partial charge is 0.298 e. The first-order valence-corrected chi connectivity index (χ1v) is 13.2. The maximum atomic E-state index is 13.0. The van der Waals surface area contributed by atoms with Crippen molar-refractivity contribution < 1.29 is 9.59 Å². The Bertz CT molecular complexity index is 1680. The first-order valence-electron chi connectivity index (χ1n) is 12.8. The average Bonchev–Trinajstić information content (AvgIpc) is 3.53. The minimum absolute atomic E-state index is 0.0255. The van der Waals surface area contributed by atoms with Gasteiger partial charge < -0.3 is 16.0 Å². The Balaban J connectivity index is 1.30. The molecule has 10 heteroatoms. The van der Waals surface area contributed by atoms with Crippen LogP contribution in [0.4, 0.5) is 11.8 Å². The first kappa shape index (κ1) is 24.9. The van der Waals surface area contributed by atoms with E-state index in [0.29, 0.717) is 41.8 Å². The number of carbonyl (C=O) groups excluding carboxylic acids is 2. The molecule has 6 rings (SSSR count). The molecular formula is C29H26ClN7O2. The number of anilines is 2. The second-order valence-corrected chi connectivity index (χ2v) is 10.3. The molecule has 1 aromatic carbocycles. The Morgan fingerprint density at radius 2 is 1.90 bits per heavy atom. The Hall–Kier alpha value is -4.42. The molecule has 1 saturated heterocycles. The predicted octanol–water partition coefficient (Wildman–Crippen LogP) is 4.50. The third kappa shape index (κ3) is 4.79. The van der Waals surface area contributed by atoms with Gasteiger partial charge in [0.25, 0.3) is 11.8 Å². The zero-order valence-electron chi connectivity index (χ0n) is 21.3. The second-order valence-electron chi connectivity index (χ2n) is 9.85. The van der Waals surface area contributed by atoms with Gasteiger partial charge in [0, 0.05) is 37.0 Å². The number of halogens is 1. The SMILES string of the molecule is CC#CC(=O)N1CCC(c2nc(-c3ccc(C(=O)Nc4cc(C5CC5)ccn4)c(Cl)c3)n3c(N)nccc23)C1. The number of nitrogens with zero attached hydrogens (tertiary/aromatic N) is 5. The van der Waals surface area contributed by atoms with Crippen LogP contribution >= 0.6 is 11.6 Å². The van der Waals surface area contributed by atoms with Gasteiger partial charge in [-0.1, -0.05) is 23.6 Å². The van der Waals surface area contributed by atoms with Gasteiger partial charge in [-0.2, -0.15) is 0 Å². The molecule has 1 saturated carbocycles. The average molecular weight is 540 g/mol. The maximum absolute atomic E-state index is 13.0.